The summed E-state index contributed by atoms with van der Waals surface area (Å²) >= 11 is 0. The number of rotatable bonds is 2. The van der Waals surface area contributed by atoms with Crippen molar-refractivity contribution >= 4 is 15.9 Å². The first-order chi connectivity index (χ1) is 6.05. The molecule has 2 amide bonds. The van der Waals surface area contributed by atoms with Crippen LogP contribution in [0.25, 0.3) is 0 Å². The summed E-state index contributed by atoms with van der Waals surface area (Å²) in [7, 11) is -2.83. The van der Waals surface area contributed by atoms with E-state index in [0.717, 1.165) is 12.8 Å². The van der Waals surface area contributed by atoms with Crippen molar-refractivity contribution in [3.05, 3.63) is 0 Å². The topological polar surface area (TPSA) is 75.3 Å². The number of carbonyl (C=O) groups excluding carboxylic acids is 1. The van der Waals surface area contributed by atoms with Crippen molar-refractivity contribution < 1.29 is 13.2 Å². The van der Waals surface area contributed by atoms with Gasteiger partial charge < -0.3 is 10.6 Å². The smallest absolute Gasteiger partial charge is 0.315 e. The molecule has 13 heavy (non-hydrogen) atoms. The number of amides is 2. The summed E-state index contributed by atoms with van der Waals surface area (Å²) in [5, 5.41) is 5.35. The zero-order valence-corrected chi connectivity index (χ0v) is 7.93. The maximum absolute atomic E-state index is 11.1. The molecule has 1 heterocycles. The minimum absolute atomic E-state index is 0.0884. The minimum Gasteiger partial charge on any atom is -0.335 e. The first-order valence-corrected chi connectivity index (χ1v) is 6.15. The summed E-state index contributed by atoms with van der Waals surface area (Å²) in [6.07, 6.45) is 2.08. The molecule has 0 bridgehead atoms. The summed E-state index contributed by atoms with van der Waals surface area (Å²) in [6, 6.07) is -0.0946. The molecule has 0 aromatic carbocycles. The van der Waals surface area contributed by atoms with Gasteiger partial charge >= 0.3 is 6.03 Å². The first kappa shape index (κ1) is 8.80. The minimum atomic E-state index is -2.83. The highest BCUT2D eigenvalue weighted by atomic mass is 32.2. The zero-order valence-electron chi connectivity index (χ0n) is 7.12. The fourth-order valence-electron chi connectivity index (χ4n) is 1.29. The van der Waals surface area contributed by atoms with Gasteiger partial charge in [0.25, 0.3) is 0 Å². The van der Waals surface area contributed by atoms with Crippen LogP contribution in [-0.4, -0.2) is 38.0 Å². The number of hydrogen-bond acceptors (Lipinski definition) is 3. The van der Waals surface area contributed by atoms with Crippen molar-refractivity contribution in [2.45, 2.75) is 24.9 Å². The number of carbonyl (C=O) groups is 1. The molecule has 74 valence electrons. The lowest BCUT2D eigenvalue weighted by Gasteiger charge is -2.26. The SMILES string of the molecule is O=C(NC1CC1)NC1CS(=O)(=O)C1. The fourth-order valence-corrected chi connectivity index (χ4v) is 2.58. The van der Waals surface area contributed by atoms with E-state index >= 15 is 0 Å². The molecule has 2 fully saturated rings. The summed E-state index contributed by atoms with van der Waals surface area (Å²) in [5.41, 5.74) is 0. The Bertz CT molecular complexity index is 309. The number of hydrogen-bond donors (Lipinski definition) is 2. The third-order valence-electron chi connectivity index (χ3n) is 2.16. The van der Waals surface area contributed by atoms with Crippen LogP contribution in [0.5, 0.6) is 0 Å². The number of nitrogens with one attached hydrogen (secondary N) is 2. The normalized spacial score (nSPS) is 26.2. The molecule has 0 spiro atoms. The van der Waals surface area contributed by atoms with E-state index in [1.165, 1.54) is 0 Å². The predicted octanol–water partition coefficient (Wildman–Crippen LogP) is -0.755. The van der Waals surface area contributed by atoms with Crippen LogP contribution in [0.4, 0.5) is 4.79 Å². The van der Waals surface area contributed by atoms with Gasteiger partial charge in [-0.05, 0) is 12.8 Å². The highest BCUT2D eigenvalue weighted by Crippen LogP contribution is 2.18. The predicted molar refractivity (Wildman–Crippen MR) is 47.1 cm³/mol. The van der Waals surface area contributed by atoms with Crippen molar-refractivity contribution in [3.8, 4) is 0 Å². The van der Waals surface area contributed by atoms with Gasteiger partial charge in [0.15, 0.2) is 9.84 Å². The van der Waals surface area contributed by atoms with Crippen molar-refractivity contribution in [2.24, 2.45) is 0 Å². The van der Waals surface area contributed by atoms with Gasteiger partial charge in [-0.2, -0.15) is 0 Å². The highest BCUT2D eigenvalue weighted by Gasteiger charge is 2.35. The first-order valence-electron chi connectivity index (χ1n) is 4.33. The monoisotopic (exact) mass is 204 g/mol. The van der Waals surface area contributed by atoms with Gasteiger partial charge in [0.1, 0.15) is 0 Å². The van der Waals surface area contributed by atoms with Crippen LogP contribution in [-0.2, 0) is 9.84 Å². The Morgan fingerprint density at radius 2 is 1.62 bits per heavy atom. The van der Waals surface area contributed by atoms with Gasteiger partial charge in [0.2, 0.25) is 0 Å². The lowest BCUT2D eigenvalue weighted by molar-refractivity contribution is 0.237. The lowest BCUT2D eigenvalue weighted by atomic mass is 10.4. The standard InChI is InChI=1S/C7H12N2O3S/c10-7(8-5-1-2-5)9-6-3-13(11,12)4-6/h5-6H,1-4H2,(H2,8,9,10). The van der Waals surface area contributed by atoms with E-state index in [1.807, 2.05) is 0 Å². The third kappa shape index (κ3) is 2.33. The van der Waals surface area contributed by atoms with Gasteiger partial charge in [0.05, 0.1) is 17.5 Å². The molecule has 1 saturated carbocycles. The van der Waals surface area contributed by atoms with Crippen molar-refractivity contribution in [3.63, 3.8) is 0 Å². The third-order valence-corrected chi connectivity index (χ3v) is 3.98. The van der Waals surface area contributed by atoms with E-state index in [2.05, 4.69) is 10.6 Å². The van der Waals surface area contributed by atoms with Crippen LogP contribution in [0.2, 0.25) is 0 Å². The van der Waals surface area contributed by atoms with Crippen molar-refractivity contribution in [2.75, 3.05) is 11.5 Å². The van der Waals surface area contributed by atoms with E-state index < -0.39 is 9.84 Å². The molecule has 0 aromatic rings. The second-order valence-corrected chi connectivity index (χ2v) is 5.82. The van der Waals surface area contributed by atoms with Gasteiger partial charge in [-0.1, -0.05) is 0 Å². The van der Waals surface area contributed by atoms with Crippen LogP contribution in [0.1, 0.15) is 12.8 Å². The van der Waals surface area contributed by atoms with E-state index in [9.17, 15) is 13.2 Å². The summed E-state index contributed by atoms with van der Waals surface area (Å²) in [6.45, 7) is 0. The molecule has 0 radical (unpaired) electrons. The molecule has 1 aliphatic heterocycles. The Balaban J connectivity index is 1.70. The van der Waals surface area contributed by atoms with Crippen LogP contribution in [0.3, 0.4) is 0 Å². The van der Waals surface area contributed by atoms with Gasteiger partial charge in [0, 0.05) is 6.04 Å². The van der Waals surface area contributed by atoms with Crippen LogP contribution in [0.15, 0.2) is 0 Å². The van der Waals surface area contributed by atoms with E-state index in [0.29, 0.717) is 6.04 Å². The van der Waals surface area contributed by atoms with Gasteiger partial charge in [-0.25, -0.2) is 13.2 Å². The maximum atomic E-state index is 11.1. The van der Waals surface area contributed by atoms with E-state index in [-0.39, 0.29) is 23.6 Å². The largest absolute Gasteiger partial charge is 0.335 e. The van der Waals surface area contributed by atoms with Crippen LogP contribution in [0, 0.1) is 0 Å². The fraction of sp³-hybridized carbons (Fsp3) is 0.857. The van der Waals surface area contributed by atoms with E-state index in [4.69, 9.17) is 0 Å². The molecule has 5 nitrogen and oxygen atoms in total. The molecule has 1 aliphatic carbocycles. The molecule has 0 aromatic heterocycles. The summed E-state index contributed by atoms with van der Waals surface area (Å²) in [4.78, 5) is 11.1. The Morgan fingerprint density at radius 1 is 1.08 bits per heavy atom. The molecule has 2 aliphatic rings. The summed E-state index contributed by atoms with van der Waals surface area (Å²) in [5.74, 6) is 0.177. The Hall–Kier alpha value is -0.780. The molecule has 2 N–H and O–H groups in total. The summed E-state index contributed by atoms with van der Waals surface area (Å²) < 4.78 is 21.5. The molecule has 1 saturated heterocycles. The van der Waals surface area contributed by atoms with Crippen molar-refractivity contribution in [1.29, 1.82) is 0 Å². The van der Waals surface area contributed by atoms with Gasteiger partial charge in [-0.3, -0.25) is 0 Å². The highest BCUT2D eigenvalue weighted by molar-refractivity contribution is 7.92. The molecule has 6 heteroatoms. The Labute approximate surface area is 76.8 Å². The second kappa shape index (κ2) is 2.87. The number of urea groups is 1. The average molecular weight is 204 g/mol. The zero-order chi connectivity index (χ0) is 9.47. The maximum Gasteiger partial charge on any atom is 0.315 e. The lowest BCUT2D eigenvalue weighted by Crippen LogP contribution is -2.55. The second-order valence-electron chi connectivity index (χ2n) is 3.67. The average Bonchev–Trinajstić information content (AvgIpc) is 2.66. The van der Waals surface area contributed by atoms with Gasteiger partial charge in [-0.15, -0.1) is 0 Å². The molecular weight excluding hydrogens is 192 g/mol. The van der Waals surface area contributed by atoms with Crippen LogP contribution < -0.4 is 10.6 Å². The quantitative estimate of drug-likeness (QED) is 0.621. The molecule has 0 atom stereocenters. The van der Waals surface area contributed by atoms with Crippen LogP contribution >= 0.6 is 0 Å². The molecule has 0 unspecified atom stereocenters. The Kier molecular flexibility index (Phi) is 1.94. The van der Waals surface area contributed by atoms with Crippen molar-refractivity contribution in [1.82, 2.24) is 10.6 Å². The Morgan fingerprint density at radius 3 is 2.08 bits per heavy atom. The molecular formula is C7H12N2O3S. The number of sulfone groups is 1. The van der Waals surface area contributed by atoms with E-state index in [1.54, 1.807) is 0 Å². The molecule has 2 rings (SSSR count).